The molecule has 6 nitrogen and oxygen atoms in total. The van der Waals surface area contributed by atoms with Gasteiger partial charge in [0.1, 0.15) is 17.4 Å². The van der Waals surface area contributed by atoms with Gasteiger partial charge in [-0.3, -0.25) is 4.79 Å². The zero-order valence-corrected chi connectivity index (χ0v) is 17.2. The van der Waals surface area contributed by atoms with Gasteiger partial charge >= 0.3 is 0 Å². The molecule has 0 bridgehead atoms. The Morgan fingerprint density at radius 2 is 1.90 bits per heavy atom. The van der Waals surface area contributed by atoms with Gasteiger partial charge in [-0.25, -0.2) is 0 Å². The smallest absolute Gasteiger partial charge is 0.267 e. The summed E-state index contributed by atoms with van der Waals surface area (Å²) in [6.45, 7) is 4.76. The van der Waals surface area contributed by atoms with Gasteiger partial charge in [0.15, 0.2) is 0 Å². The third-order valence-corrected chi connectivity index (χ3v) is 5.34. The molecule has 1 amide bonds. The molecular weight excluding hydrogens is 388 g/mol. The molecule has 0 aromatic heterocycles. The molecule has 0 radical (unpaired) electrons. The lowest BCUT2D eigenvalue weighted by molar-refractivity contribution is -0.112. The van der Waals surface area contributed by atoms with E-state index in [4.69, 9.17) is 16.3 Å². The molecule has 0 saturated carbocycles. The summed E-state index contributed by atoms with van der Waals surface area (Å²) in [5.74, 6) is 0.399. The van der Waals surface area contributed by atoms with E-state index < -0.39 is 5.91 Å². The van der Waals surface area contributed by atoms with Crippen LogP contribution < -0.4 is 15.0 Å². The van der Waals surface area contributed by atoms with Gasteiger partial charge in [-0.05, 0) is 36.8 Å². The van der Waals surface area contributed by atoms with E-state index in [2.05, 4.69) is 10.2 Å². The molecule has 0 unspecified atom stereocenters. The summed E-state index contributed by atoms with van der Waals surface area (Å²) in [7, 11) is 1.66. The molecule has 0 aliphatic carbocycles. The maximum atomic E-state index is 12.6. The second-order valence-electron chi connectivity index (χ2n) is 6.72. The average Bonchev–Trinajstić information content (AvgIpc) is 2.75. The lowest BCUT2D eigenvalue weighted by atomic mass is 10.2. The van der Waals surface area contributed by atoms with Crippen molar-refractivity contribution in [2.24, 2.45) is 0 Å². The zero-order valence-electron chi connectivity index (χ0n) is 16.5. The molecule has 1 fully saturated rings. The molecule has 1 aliphatic heterocycles. The number of benzene rings is 2. The van der Waals surface area contributed by atoms with E-state index in [0.29, 0.717) is 23.8 Å². The lowest BCUT2D eigenvalue weighted by Gasteiger charge is -2.36. The third kappa shape index (κ3) is 4.82. The topological polar surface area (TPSA) is 68.6 Å². The van der Waals surface area contributed by atoms with Crippen LogP contribution in [0.15, 0.2) is 54.2 Å². The molecule has 7 heteroatoms. The van der Waals surface area contributed by atoms with E-state index in [9.17, 15) is 10.1 Å². The molecule has 1 aliphatic rings. The number of ether oxygens (including phenoxy) is 1. The number of piperazine rings is 1. The Morgan fingerprint density at radius 3 is 2.59 bits per heavy atom. The van der Waals surface area contributed by atoms with Crippen molar-refractivity contribution in [2.75, 3.05) is 43.5 Å². The number of hydrogen-bond acceptors (Lipinski definition) is 5. The highest BCUT2D eigenvalue weighted by molar-refractivity contribution is 6.31. The van der Waals surface area contributed by atoms with Crippen molar-refractivity contribution in [3.05, 3.63) is 64.8 Å². The van der Waals surface area contributed by atoms with E-state index in [1.165, 1.54) is 0 Å². The predicted octanol–water partition coefficient (Wildman–Crippen LogP) is 3.83. The van der Waals surface area contributed by atoms with Crippen LogP contribution in [0.5, 0.6) is 5.75 Å². The van der Waals surface area contributed by atoms with E-state index in [1.807, 2.05) is 42.2 Å². The molecule has 1 heterocycles. The summed E-state index contributed by atoms with van der Waals surface area (Å²) in [5.41, 5.74) is 2.48. The minimum absolute atomic E-state index is 0.0649. The number of methoxy groups -OCH3 is 1. The molecule has 1 saturated heterocycles. The first-order chi connectivity index (χ1) is 14.0. The molecule has 2 aromatic carbocycles. The number of carbonyl (C=O) groups excluding carboxylic acids is 1. The summed E-state index contributed by atoms with van der Waals surface area (Å²) < 4.78 is 5.44. The van der Waals surface area contributed by atoms with E-state index in [1.54, 1.807) is 31.5 Å². The second-order valence-corrected chi connectivity index (χ2v) is 7.12. The minimum Gasteiger partial charge on any atom is -0.495 e. The Morgan fingerprint density at radius 1 is 1.17 bits per heavy atom. The second kappa shape index (κ2) is 9.35. The van der Waals surface area contributed by atoms with Crippen LogP contribution in [0.3, 0.4) is 0 Å². The van der Waals surface area contributed by atoms with Crippen molar-refractivity contribution in [2.45, 2.75) is 6.92 Å². The van der Waals surface area contributed by atoms with Crippen molar-refractivity contribution in [1.29, 1.82) is 5.26 Å². The molecule has 2 aromatic rings. The number of nitrogens with zero attached hydrogens (tertiary/aromatic N) is 3. The maximum absolute atomic E-state index is 12.6. The Hall–Kier alpha value is -3.17. The summed E-state index contributed by atoms with van der Waals surface area (Å²) in [4.78, 5) is 16.8. The molecule has 1 N–H and O–H groups in total. The van der Waals surface area contributed by atoms with Crippen LogP contribution in [0.25, 0.3) is 0 Å². The number of hydrogen-bond donors (Lipinski definition) is 1. The molecule has 3 rings (SSSR count). The summed E-state index contributed by atoms with van der Waals surface area (Å²) in [6.07, 6.45) is 1.63. The van der Waals surface area contributed by atoms with Crippen molar-refractivity contribution in [3.8, 4) is 11.8 Å². The Bertz CT molecular complexity index is 960. The Balaban J connectivity index is 1.65. The Kier molecular flexibility index (Phi) is 6.63. The molecule has 150 valence electrons. The van der Waals surface area contributed by atoms with Gasteiger partial charge in [0.2, 0.25) is 0 Å². The van der Waals surface area contributed by atoms with Gasteiger partial charge in [-0.2, -0.15) is 5.26 Å². The summed E-state index contributed by atoms with van der Waals surface area (Å²) in [6, 6.07) is 15.2. The molecule has 0 spiro atoms. The summed E-state index contributed by atoms with van der Waals surface area (Å²) >= 11 is 6.10. The fraction of sp³-hybridized carbons (Fsp3) is 0.273. The van der Waals surface area contributed by atoms with Gasteiger partial charge in [0.05, 0.1) is 12.8 Å². The van der Waals surface area contributed by atoms with Crippen molar-refractivity contribution < 1.29 is 9.53 Å². The fourth-order valence-corrected chi connectivity index (χ4v) is 3.41. The number of nitrogens with one attached hydrogen (secondary N) is 1. The maximum Gasteiger partial charge on any atom is 0.267 e. The van der Waals surface area contributed by atoms with Crippen molar-refractivity contribution in [1.82, 2.24) is 4.90 Å². The number of anilines is 2. The monoisotopic (exact) mass is 410 g/mol. The minimum atomic E-state index is -0.440. The first-order valence-corrected chi connectivity index (χ1v) is 9.71. The van der Waals surface area contributed by atoms with Crippen molar-refractivity contribution >= 4 is 28.9 Å². The SMILES string of the molecule is COc1ccccc1N1CCN(/C=C(/C#N)C(=O)Nc2cccc(Cl)c2C)CC1. The van der Waals surface area contributed by atoms with Crippen LogP contribution in [0.2, 0.25) is 5.02 Å². The highest BCUT2D eigenvalue weighted by atomic mass is 35.5. The quantitative estimate of drug-likeness (QED) is 0.599. The number of halogens is 1. The molecule has 0 atom stereocenters. The number of rotatable bonds is 5. The number of amides is 1. The van der Waals surface area contributed by atoms with E-state index in [0.717, 1.165) is 30.1 Å². The largest absolute Gasteiger partial charge is 0.495 e. The van der Waals surface area contributed by atoms with Crippen LogP contribution >= 0.6 is 11.6 Å². The molecular formula is C22H23ClN4O2. The van der Waals surface area contributed by atoms with Crippen LogP contribution in [-0.4, -0.2) is 44.1 Å². The fourth-order valence-electron chi connectivity index (χ4n) is 3.24. The van der Waals surface area contributed by atoms with Crippen LogP contribution in [-0.2, 0) is 4.79 Å². The van der Waals surface area contributed by atoms with Gasteiger partial charge in [-0.1, -0.05) is 29.8 Å². The highest BCUT2D eigenvalue weighted by Crippen LogP contribution is 2.28. The first-order valence-electron chi connectivity index (χ1n) is 9.34. The number of nitriles is 1. The normalized spacial score (nSPS) is 14.3. The first kappa shape index (κ1) is 20.6. The van der Waals surface area contributed by atoms with Gasteiger partial charge in [0.25, 0.3) is 5.91 Å². The van der Waals surface area contributed by atoms with Crippen LogP contribution in [0, 0.1) is 18.3 Å². The third-order valence-electron chi connectivity index (χ3n) is 4.93. The summed E-state index contributed by atoms with van der Waals surface area (Å²) in [5, 5.41) is 12.8. The van der Waals surface area contributed by atoms with Gasteiger partial charge in [0, 0.05) is 43.1 Å². The Labute approximate surface area is 175 Å². The number of para-hydroxylation sites is 2. The zero-order chi connectivity index (χ0) is 20.8. The number of carbonyl (C=O) groups is 1. The lowest BCUT2D eigenvalue weighted by Crippen LogP contribution is -2.44. The van der Waals surface area contributed by atoms with Gasteiger partial charge in [-0.15, -0.1) is 0 Å². The van der Waals surface area contributed by atoms with Crippen LogP contribution in [0.4, 0.5) is 11.4 Å². The predicted molar refractivity (Wildman–Crippen MR) is 115 cm³/mol. The standard InChI is InChI=1S/C22H23ClN4O2/c1-16-18(23)6-5-7-19(16)25-22(28)17(14-24)15-26-10-12-27(13-11-26)20-8-3-4-9-21(20)29-2/h3-9,15H,10-13H2,1-2H3,(H,25,28)/b17-15-. The van der Waals surface area contributed by atoms with Crippen LogP contribution in [0.1, 0.15) is 5.56 Å². The van der Waals surface area contributed by atoms with Crippen molar-refractivity contribution in [3.63, 3.8) is 0 Å². The molecule has 29 heavy (non-hydrogen) atoms. The average molecular weight is 411 g/mol. The van der Waals surface area contributed by atoms with E-state index >= 15 is 0 Å². The van der Waals surface area contributed by atoms with Gasteiger partial charge < -0.3 is 19.9 Å². The highest BCUT2D eigenvalue weighted by Gasteiger charge is 2.20. The van der Waals surface area contributed by atoms with E-state index in [-0.39, 0.29) is 5.57 Å².